The van der Waals surface area contributed by atoms with Crippen molar-refractivity contribution in [3.05, 3.63) is 57.0 Å². The van der Waals surface area contributed by atoms with Crippen LogP contribution in [0.5, 0.6) is 11.5 Å². The minimum Gasteiger partial charge on any atom is -0.456 e. The number of benzene rings is 2. The molecule has 2 aromatic rings. The summed E-state index contributed by atoms with van der Waals surface area (Å²) in [6.07, 6.45) is 1.57. The first-order valence-corrected chi connectivity index (χ1v) is 7.80. The summed E-state index contributed by atoms with van der Waals surface area (Å²) in [5.74, 6) is 1.25. The third kappa shape index (κ3) is 4.52. The molecule has 5 heteroatoms. The van der Waals surface area contributed by atoms with Gasteiger partial charge in [0.15, 0.2) is 0 Å². The van der Waals surface area contributed by atoms with E-state index in [9.17, 15) is 0 Å². The standard InChI is InChI=1S/C16H16Cl3NO/c1-2-13(20)8-10-7-11(17)3-5-15(10)21-16-6-4-12(18)9-14(16)19/h3-7,9,13H,2,8,20H2,1H3. The molecule has 1 unspecified atom stereocenters. The van der Waals surface area contributed by atoms with Gasteiger partial charge in [0.1, 0.15) is 11.5 Å². The molecule has 21 heavy (non-hydrogen) atoms. The third-order valence-electron chi connectivity index (χ3n) is 3.14. The smallest absolute Gasteiger partial charge is 0.146 e. The van der Waals surface area contributed by atoms with E-state index in [4.69, 9.17) is 45.3 Å². The highest BCUT2D eigenvalue weighted by Crippen LogP contribution is 2.34. The highest BCUT2D eigenvalue weighted by molar-refractivity contribution is 6.35. The molecular weight excluding hydrogens is 329 g/mol. The monoisotopic (exact) mass is 343 g/mol. The predicted octanol–water partition coefficient (Wildman–Crippen LogP) is 5.72. The Bertz CT molecular complexity index is 631. The second kappa shape index (κ2) is 7.37. The van der Waals surface area contributed by atoms with Crippen molar-refractivity contribution in [1.82, 2.24) is 0 Å². The van der Waals surface area contributed by atoms with Gasteiger partial charge in [-0.3, -0.25) is 0 Å². The molecule has 0 heterocycles. The highest BCUT2D eigenvalue weighted by Gasteiger charge is 2.11. The Morgan fingerprint density at radius 3 is 2.24 bits per heavy atom. The molecule has 0 radical (unpaired) electrons. The lowest BCUT2D eigenvalue weighted by Gasteiger charge is -2.15. The third-order valence-corrected chi connectivity index (χ3v) is 3.91. The lowest BCUT2D eigenvalue weighted by Crippen LogP contribution is -2.21. The Morgan fingerprint density at radius 2 is 1.62 bits per heavy atom. The number of ether oxygens (including phenoxy) is 1. The van der Waals surface area contributed by atoms with Crippen LogP contribution in [0.15, 0.2) is 36.4 Å². The Labute approximate surface area is 139 Å². The van der Waals surface area contributed by atoms with Crippen molar-refractivity contribution in [2.24, 2.45) is 5.73 Å². The van der Waals surface area contributed by atoms with Gasteiger partial charge in [0.25, 0.3) is 0 Å². The van der Waals surface area contributed by atoms with Crippen LogP contribution in [0, 0.1) is 0 Å². The highest BCUT2D eigenvalue weighted by atomic mass is 35.5. The van der Waals surface area contributed by atoms with Gasteiger partial charge in [-0.25, -0.2) is 0 Å². The number of hydrogen-bond donors (Lipinski definition) is 1. The summed E-state index contributed by atoms with van der Waals surface area (Å²) in [5.41, 5.74) is 6.99. The fourth-order valence-electron chi connectivity index (χ4n) is 1.91. The van der Waals surface area contributed by atoms with Gasteiger partial charge in [-0.2, -0.15) is 0 Å². The maximum Gasteiger partial charge on any atom is 0.146 e. The number of rotatable bonds is 5. The fourth-order valence-corrected chi connectivity index (χ4v) is 2.55. The fraction of sp³-hybridized carbons (Fsp3) is 0.250. The van der Waals surface area contributed by atoms with Gasteiger partial charge in [-0.05, 0) is 54.8 Å². The molecule has 0 spiro atoms. The van der Waals surface area contributed by atoms with Crippen molar-refractivity contribution in [3.8, 4) is 11.5 Å². The topological polar surface area (TPSA) is 35.2 Å². The molecule has 2 aromatic carbocycles. The van der Waals surface area contributed by atoms with Crippen LogP contribution in [0.25, 0.3) is 0 Å². The van der Waals surface area contributed by atoms with Crippen LogP contribution in [0.3, 0.4) is 0 Å². The Balaban J connectivity index is 2.30. The average Bonchev–Trinajstić information content (AvgIpc) is 2.44. The van der Waals surface area contributed by atoms with E-state index in [2.05, 4.69) is 0 Å². The maximum atomic E-state index is 6.14. The molecular formula is C16H16Cl3NO. The van der Waals surface area contributed by atoms with E-state index in [1.807, 2.05) is 19.1 Å². The first-order valence-electron chi connectivity index (χ1n) is 6.66. The van der Waals surface area contributed by atoms with Crippen molar-refractivity contribution in [3.63, 3.8) is 0 Å². The van der Waals surface area contributed by atoms with Crippen LogP contribution in [-0.2, 0) is 6.42 Å². The summed E-state index contributed by atoms with van der Waals surface area (Å²) in [5, 5.41) is 1.68. The molecule has 2 rings (SSSR count). The first kappa shape index (κ1) is 16.4. The van der Waals surface area contributed by atoms with Crippen molar-refractivity contribution in [1.29, 1.82) is 0 Å². The van der Waals surface area contributed by atoms with Crippen LogP contribution >= 0.6 is 34.8 Å². The van der Waals surface area contributed by atoms with Crippen molar-refractivity contribution >= 4 is 34.8 Å². The normalized spacial score (nSPS) is 12.2. The van der Waals surface area contributed by atoms with Gasteiger partial charge in [-0.15, -0.1) is 0 Å². The lowest BCUT2D eigenvalue weighted by molar-refractivity contribution is 0.472. The molecule has 0 amide bonds. The molecule has 112 valence electrons. The van der Waals surface area contributed by atoms with E-state index in [1.165, 1.54) is 0 Å². The van der Waals surface area contributed by atoms with E-state index in [-0.39, 0.29) is 6.04 Å². The number of halogens is 3. The molecule has 0 fully saturated rings. The van der Waals surface area contributed by atoms with E-state index in [1.54, 1.807) is 24.3 Å². The zero-order chi connectivity index (χ0) is 15.4. The molecule has 0 bridgehead atoms. The van der Waals surface area contributed by atoms with E-state index < -0.39 is 0 Å². The van der Waals surface area contributed by atoms with E-state index in [0.717, 1.165) is 12.0 Å². The Kier molecular flexibility index (Phi) is 5.77. The summed E-state index contributed by atoms with van der Waals surface area (Å²) >= 11 is 18.1. The van der Waals surface area contributed by atoms with Crippen LogP contribution in [0.4, 0.5) is 0 Å². The molecule has 0 saturated heterocycles. The maximum absolute atomic E-state index is 6.14. The van der Waals surface area contributed by atoms with Gasteiger partial charge in [-0.1, -0.05) is 41.7 Å². The van der Waals surface area contributed by atoms with Gasteiger partial charge in [0, 0.05) is 16.1 Å². The van der Waals surface area contributed by atoms with Crippen LogP contribution in [0.1, 0.15) is 18.9 Å². The SMILES string of the molecule is CCC(N)Cc1cc(Cl)ccc1Oc1ccc(Cl)cc1Cl. The zero-order valence-corrected chi connectivity index (χ0v) is 13.8. The van der Waals surface area contributed by atoms with Gasteiger partial charge >= 0.3 is 0 Å². The van der Waals surface area contributed by atoms with E-state index in [0.29, 0.717) is 33.0 Å². The van der Waals surface area contributed by atoms with Gasteiger partial charge < -0.3 is 10.5 Å². The average molecular weight is 345 g/mol. The van der Waals surface area contributed by atoms with E-state index >= 15 is 0 Å². The Morgan fingerprint density at radius 1 is 1.00 bits per heavy atom. The van der Waals surface area contributed by atoms with Crippen molar-refractivity contribution < 1.29 is 4.74 Å². The summed E-state index contributed by atoms with van der Waals surface area (Å²) in [6.45, 7) is 2.05. The number of hydrogen-bond acceptors (Lipinski definition) is 2. The van der Waals surface area contributed by atoms with Gasteiger partial charge in [0.05, 0.1) is 5.02 Å². The summed E-state index contributed by atoms with van der Waals surface area (Å²) < 4.78 is 5.89. The molecule has 2 nitrogen and oxygen atoms in total. The zero-order valence-electron chi connectivity index (χ0n) is 11.6. The van der Waals surface area contributed by atoms with Crippen LogP contribution < -0.4 is 10.5 Å². The molecule has 0 saturated carbocycles. The quantitative estimate of drug-likeness (QED) is 0.753. The van der Waals surface area contributed by atoms with Crippen LogP contribution in [0.2, 0.25) is 15.1 Å². The molecule has 0 aromatic heterocycles. The molecule has 0 aliphatic carbocycles. The van der Waals surface area contributed by atoms with Gasteiger partial charge in [0.2, 0.25) is 0 Å². The first-order chi connectivity index (χ1) is 9.99. The van der Waals surface area contributed by atoms with Crippen molar-refractivity contribution in [2.75, 3.05) is 0 Å². The summed E-state index contributed by atoms with van der Waals surface area (Å²) in [6, 6.07) is 10.7. The minimum atomic E-state index is 0.0616. The number of nitrogens with two attached hydrogens (primary N) is 1. The lowest BCUT2D eigenvalue weighted by atomic mass is 10.0. The molecule has 0 aliphatic rings. The predicted molar refractivity (Wildman–Crippen MR) is 90.0 cm³/mol. The Hall–Kier alpha value is -0.930. The van der Waals surface area contributed by atoms with Crippen LogP contribution in [-0.4, -0.2) is 6.04 Å². The molecule has 2 N–H and O–H groups in total. The van der Waals surface area contributed by atoms with Crippen molar-refractivity contribution in [2.45, 2.75) is 25.8 Å². The summed E-state index contributed by atoms with van der Waals surface area (Å²) in [4.78, 5) is 0. The molecule has 1 atom stereocenters. The second-order valence-electron chi connectivity index (χ2n) is 4.80. The summed E-state index contributed by atoms with van der Waals surface area (Å²) in [7, 11) is 0. The second-order valence-corrected chi connectivity index (χ2v) is 6.08. The largest absolute Gasteiger partial charge is 0.456 e. The minimum absolute atomic E-state index is 0.0616. The molecule has 0 aliphatic heterocycles.